The summed E-state index contributed by atoms with van der Waals surface area (Å²) >= 11 is 1.76. The lowest BCUT2D eigenvalue weighted by molar-refractivity contribution is -0.0977. The van der Waals surface area contributed by atoms with Gasteiger partial charge in [0.25, 0.3) is 0 Å². The second-order valence-corrected chi connectivity index (χ2v) is 6.85. The summed E-state index contributed by atoms with van der Waals surface area (Å²) < 4.78 is 6.20. The first kappa shape index (κ1) is 16.0. The molecule has 1 atom stereocenters. The van der Waals surface area contributed by atoms with Crippen LogP contribution < -0.4 is 11.3 Å². The van der Waals surface area contributed by atoms with Gasteiger partial charge in [-0.2, -0.15) is 11.3 Å². The molecule has 3 N–H and O–H groups in total. The van der Waals surface area contributed by atoms with Crippen LogP contribution in [0.2, 0.25) is 0 Å². The van der Waals surface area contributed by atoms with Gasteiger partial charge in [-0.15, -0.1) is 0 Å². The molecule has 4 heteroatoms. The first-order valence-electron chi connectivity index (χ1n) is 7.81. The van der Waals surface area contributed by atoms with Crippen molar-refractivity contribution < 1.29 is 4.74 Å². The molecule has 114 valence electrons. The fourth-order valence-electron chi connectivity index (χ4n) is 3.38. The van der Waals surface area contributed by atoms with E-state index in [-0.39, 0.29) is 11.6 Å². The maximum Gasteiger partial charge on any atom is 0.0848 e. The number of thiophene rings is 1. The van der Waals surface area contributed by atoms with Crippen LogP contribution in [0.4, 0.5) is 0 Å². The van der Waals surface area contributed by atoms with Gasteiger partial charge >= 0.3 is 0 Å². The zero-order chi connectivity index (χ0) is 14.4. The minimum Gasteiger partial charge on any atom is -0.374 e. The number of hydrazine groups is 1. The van der Waals surface area contributed by atoms with Crippen LogP contribution in [-0.4, -0.2) is 18.2 Å². The Bertz CT molecular complexity index is 372. The van der Waals surface area contributed by atoms with E-state index in [1.54, 1.807) is 11.3 Å². The van der Waals surface area contributed by atoms with Crippen LogP contribution in [-0.2, 0) is 11.2 Å². The van der Waals surface area contributed by atoms with Crippen LogP contribution in [0, 0.1) is 5.92 Å². The first-order chi connectivity index (χ1) is 9.70. The molecule has 1 fully saturated rings. The summed E-state index contributed by atoms with van der Waals surface area (Å²) in [6, 6.07) is 2.45. The zero-order valence-corrected chi connectivity index (χ0v) is 13.5. The number of rotatable bonds is 7. The average Bonchev–Trinajstić information content (AvgIpc) is 2.96. The Labute approximate surface area is 126 Å². The number of hydrogen-bond donors (Lipinski definition) is 2. The fourth-order valence-corrected chi connectivity index (χ4v) is 4.08. The lowest BCUT2D eigenvalue weighted by atomic mass is 9.74. The van der Waals surface area contributed by atoms with Crippen molar-refractivity contribution in [1.82, 2.24) is 5.43 Å². The van der Waals surface area contributed by atoms with Crippen molar-refractivity contribution >= 4 is 11.3 Å². The molecule has 1 aromatic rings. The van der Waals surface area contributed by atoms with Crippen molar-refractivity contribution in [3.05, 3.63) is 22.4 Å². The van der Waals surface area contributed by atoms with E-state index in [2.05, 4.69) is 36.1 Å². The van der Waals surface area contributed by atoms with E-state index in [4.69, 9.17) is 10.6 Å². The van der Waals surface area contributed by atoms with Crippen LogP contribution >= 0.6 is 11.3 Å². The largest absolute Gasteiger partial charge is 0.374 e. The van der Waals surface area contributed by atoms with E-state index in [1.807, 2.05) is 0 Å². The Hall–Kier alpha value is -0.420. The van der Waals surface area contributed by atoms with Crippen molar-refractivity contribution in [3.8, 4) is 0 Å². The number of nitrogens with one attached hydrogen (secondary N) is 1. The first-order valence-corrected chi connectivity index (χ1v) is 8.75. The maximum absolute atomic E-state index is 6.20. The fraction of sp³-hybridized carbons (Fsp3) is 0.750. The molecule has 0 amide bonds. The molecule has 0 spiro atoms. The van der Waals surface area contributed by atoms with Crippen LogP contribution in [0.1, 0.15) is 51.5 Å². The predicted octanol–water partition coefficient (Wildman–Crippen LogP) is 3.50. The Morgan fingerprint density at radius 3 is 2.80 bits per heavy atom. The van der Waals surface area contributed by atoms with E-state index < -0.39 is 0 Å². The summed E-state index contributed by atoms with van der Waals surface area (Å²) in [6.45, 7) is 5.20. The summed E-state index contributed by atoms with van der Waals surface area (Å²) in [5.41, 5.74) is 4.40. The molecule has 0 aromatic carbocycles. The molecule has 1 aromatic heterocycles. The lowest BCUT2D eigenvalue weighted by Crippen LogP contribution is -2.56. The molecule has 1 aliphatic carbocycles. The molecule has 1 heterocycles. The van der Waals surface area contributed by atoms with E-state index in [1.165, 1.54) is 18.4 Å². The zero-order valence-electron chi connectivity index (χ0n) is 12.7. The summed E-state index contributed by atoms with van der Waals surface area (Å²) in [5.74, 6) is 6.68. The molecular weight excluding hydrogens is 268 g/mol. The van der Waals surface area contributed by atoms with Crippen LogP contribution in [0.25, 0.3) is 0 Å². The minimum atomic E-state index is -0.0635. The number of nitrogens with two attached hydrogens (primary N) is 1. The minimum absolute atomic E-state index is 0.0635. The van der Waals surface area contributed by atoms with Crippen molar-refractivity contribution in [2.45, 2.75) is 64.0 Å². The highest BCUT2D eigenvalue weighted by atomic mass is 32.1. The average molecular weight is 296 g/mol. The van der Waals surface area contributed by atoms with Gasteiger partial charge in [-0.05, 0) is 73.8 Å². The highest BCUT2D eigenvalue weighted by Crippen LogP contribution is 2.38. The van der Waals surface area contributed by atoms with Gasteiger partial charge < -0.3 is 4.74 Å². The number of hydrogen-bond acceptors (Lipinski definition) is 4. The summed E-state index contributed by atoms with van der Waals surface area (Å²) in [7, 11) is 0. The second kappa shape index (κ2) is 7.55. The third-order valence-corrected chi connectivity index (χ3v) is 5.42. The van der Waals surface area contributed by atoms with E-state index >= 15 is 0 Å². The lowest BCUT2D eigenvalue weighted by Gasteiger charge is -2.44. The summed E-state index contributed by atoms with van der Waals surface area (Å²) in [5, 5.41) is 4.37. The summed E-state index contributed by atoms with van der Waals surface area (Å²) in [4.78, 5) is 0. The Balaban J connectivity index is 2.00. The normalized spacial score (nSPS) is 28.4. The molecule has 2 rings (SSSR count). The molecule has 0 aliphatic heterocycles. The topological polar surface area (TPSA) is 47.3 Å². The third-order valence-electron chi connectivity index (χ3n) is 4.69. The standard InChI is InChI=1S/C16H28N2OS/c1-3-19-16(9-6-13(2)7-10-16)15(18-17)5-4-14-8-11-20-12-14/h8,11-13,15,18H,3-7,9-10,17H2,1-2H3. The highest BCUT2D eigenvalue weighted by molar-refractivity contribution is 7.07. The van der Waals surface area contributed by atoms with Gasteiger partial charge in [0.05, 0.1) is 11.6 Å². The molecular formula is C16H28N2OS. The van der Waals surface area contributed by atoms with E-state index in [9.17, 15) is 0 Å². The van der Waals surface area contributed by atoms with Gasteiger partial charge in [0.2, 0.25) is 0 Å². The van der Waals surface area contributed by atoms with Crippen LogP contribution in [0.15, 0.2) is 16.8 Å². The summed E-state index contributed by atoms with van der Waals surface area (Å²) in [6.07, 6.45) is 6.86. The molecule has 0 saturated heterocycles. The van der Waals surface area contributed by atoms with Crippen LogP contribution in [0.3, 0.4) is 0 Å². The van der Waals surface area contributed by atoms with E-state index in [0.717, 1.165) is 38.2 Å². The van der Waals surface area contributed by atoms with Crippen molar-refractivity contribution in [3.63, 3.8) is 0 Å². The SMILES string of the molecule is CCOC1(C(CCc2ccsc2)NN)CCC(C)CC1. The third kappa shape index (κ3) is 3.82. The van der Waals surface area contributed by atoms with E-state index in [0.29, 0.717) is 0 Å². The quantitative estimate of drug-likeness (QED) is 0.598. The molecule has 3 nitrogen and oxygen atoms in total. The number of ether oxygens (including phenoxy) is 1. The van der Waals surface area contributed by atoms with Gasteiger partial charge in [0.1, 0.15) is 0 Å². The Kier molecular flexibility index (Phi) is 6.02. The molecule has 1 unspecified atom stereocenters. The molecule has 0 radical (unpaired) electrons. The predicted molar refractivity (Wildman–Crippen MR) is 85.7 cm³/mol. The van der Waals surface area contributed by atoms with Gasteiger partial charge in [-0.1, -0.05) is 6.92 Å². The second-order valence-electron chi connectivity index (χ2n) is 6.07. The molecule has 1 aliphatic rings. The number of aryl methyl sites for hydroxylation is 1. The van der Waals surface area contributed by atoms with Crippen molar-refractivity contribution in [2.75, 3.05) is 6.61 Å². The molecule has 1 saturated carbocycles. The Morgan fingerprint density at radius 1 is 1.50 bits per heavy atom. The van der Waals surface area contributed by atoms with Crippen molar-refractivity contribution in [1.29, 1.82) is 0 Å². The smallest absolute Gasteiger partial charge is 0.0848 e. The monoisotopic (exact) mass is 296 g/mol. The van der Waals surface area contributed by atoms with Gasteiger partial charge in [0, 0.05) is 6.61 Å². The van der Waals surface area contributed by atoms with Gasteiger partial charge in [0.15, 0.2) is 0 Å². The molecule has 20 heavy (non-hydrogen) atoms. The maximum atomic E-state index is 6.20. The molecule has 0 bridgehead atoms. The van der Waals surface area contributed by atoms with Gasteiger partial charge in [-0.3, -0.25) is 11.3 Å². The van der Waals surface area contributed by atoms with Crippen LogP contribution in [0.5, 0.6) is 0 Å². The van der Waals surface area contributed by atoms with Crippen molar-refractivity contribution in [2.24, 2.45) is 11.8 Å². The van der Waals surface area contributed by atoms with Gasteiger partial charge in [-0.25, -0.2) is 0 Å². The highest BCUT2D eigenvalue weighted by Gasteiger charge is 2.41. The Morgan fingerprint density at radius 2 is 2.25 bits per heavy atom.